The Labute approximate surface area is 129 Å². The summed E-state index contributed by atoms with van der Waals surface area (Å²) in [5.41, 5.74) is 9.73. The van der Waals surface area contributed by atoms with E-state index in [9.17, 15) is 0 Å². The number of aryl methyl sites for hydroxylation is 1. The van der Waals surface area contributed by atoms with Gasteiger partial charge in [-0.05, 0) is 42.5 Å². The van der Waals surface area contributed by atoms with Gasteiger partial charge in [0.15, 0.2) is 5.96 Å². The molecule has 1 aliphatic heterocycles. The molecule has 1 atom stereocenters. The fourth-order valence-corrected chi connectivity index (χ4v) is 3.11. The zero-order valence-electron chi connectivity index (χ0n) is 12.3. The number of anilines is 1. The highest BCUT2D eigenvalue weighted by molar-refractivity contribution is 7.98. The molecule has 0 spiro atoms. The van der Waals surface area contributed by atoms with Crippen LogP contribution in [0.4, 0.5) is 5.69 Å². The van der Waals surface area contributed by atoms with E-state index in [4.69, 9.17) is 5.73 Å². The zero-order valence-corrected chi connectivity index (χ0v) is 13.1. The summed E-state index contributed by atoms with van der Waals surface area (Å²) < 4.78 is 0. The second-order valence-corrected chi connectivity index (χ2v) is 6.02. The molecule has 0 amide bonds. The van der Waals surface area contributed by atoms with Crippen LogP contribution in [0.15, 0.2) is 58.4 Å². The second kappa shape index (κ2) is 5.82. The van der Waals surface area contributed by atoms with Gasteiger partial charge in [0.25, 0.3) is 0 Å². The van der Waals surface area contributed by atoms with Crippen molar-refractivity contribution in [2.75, 3.05) is 17.7 Å². The van der Waals surface area contributed by atoms with Crippen molar-refractivity contribution >= 4 is 23.4 Å². The molecule has 0 aromatic heterocycles. The summed E-state index contributed by atoms with van der Waals surface area (Å²) >= 11 is 1.75. The Balaban J connectivity index is 1.97. The Bertz CT molecular complexity index is 664. The van der Waals surface area contributed by atoms with Crippen LogP contribution < -0.4 is 10.6 Å². The molecule has 108 valence electrons. The first-order valence-electron chi connectivity index (χ1n) is 6.99. The minimum Gasteiger partial charge on any atom is -0.369 e. The lowest BCUT2D eigenvalue weighted by Gasteiger charge is -2.28. The summed E-state index contributed by atoms with van der Waals surface area (Å²) in [6.07, 6.45) is 2.09. The number of aliphatic imine (C=N–C) groups is 1. The predicted molar refractivity (Wildman–Crippen MR) is 91.1 cm³/mol. The van der Waals surface area contributed by atoms with Gasteiger partial charge in [-0.15, -0.1) is 11.8 Å². The van der Waals surface area contributed by atoms with E-state index in [-0.39, 0.29) is 6.04 Å². The molecule has 3 rings (SSSR count). The first-order chi connectivity index (χ1) is 10.2. The Morgan fingerprint density at radius 1 is 1.14 bits per heavy atom. The van der Waals surface area contributed by atoms with Gasteiger partial charge >= 0.3 is 0 Å². The molecule has 4 heteroatoms. The average Bonchev–Trinajstić information content (AvgIpc) is 2.89. The van der Waals surface area contributed by atoms with Gasteiger partial charge < -0.3 is 10.6 Å². The zero-order chi connectivity index (χ0) is 14.8. The van der Waals surface area contributed by atoms with Crippen LogP contribution >= 0.6 is 11.8 Å². The van der Waals surface area contributed by atoms with Crippen LogP contribution in [0.25, 0.3) is 0 Å². The Morgan fingerprint density at radius 3 is 2.52 bits per heavy atom. The van der Waals surface area contributed by atoms with Crippen LogP contribution in [-0.4, -0.2) is 18.8 Å². The van der Waals surface area contributed by atoms with Crippen molar-refractivity contribution in [3.05, 3.63) is 59.7 Å². The van der Waals surface area contributed by atoms with E-state index in [0.29, 0.717) is 12.5 Å². The van der Waals surface area contributed by atoms with E-state index in [1.54, 1.807) is 11.8 Å². The van der Waals surface area contributed by atoms with Crippen LogP contribution in [0.5, 0.6) is 0 Å². The molecule has 0 aliphatic carbocycles. The van der Waals surface area contributed by atoms with E-state index >= 15 is 0 Å². The van der Waals surface area contributed by atoms with Crippen LogP contribution in [0.1, 0.15) is 17.2 Å². The Kier molecular flexibility index (Phi) is 3.88. The maximum absolute atomic E-state index is 6.14. The molecule has 21 heavy (non-hydrogen) atoms. The van der Waals surface area contributed by atoms with Gasteiger partial charge in [0.2, 0.25) is 0 Å². The molecular weight excluding hydrogens is 278 g/mol. The SMILES string of the molecule is CSc1ccc(C2CN=C(N)N2c2ccccc2C)cc1. The van der Waals surface area contributed by atoms with E-state index < -0.39 is 0 Å². The number of thioether (sulfide) groups is 1. The summed E-state index contributed by atoms with van der Waals surface area (Å²) in [4.78, 5) is 7.86. The predicted octanol–water partition coefficient (Wildman–Crippen LogP) is 3.59. The Hall–Kier alpha value is -1.94. The fraction of sp³-hybridized carbons (Fsp3) is 0.235. The van der Waals surface area contributed by atoms with Gasteiger partial charge in [-0.1, -0.05) is 30.3 Å². The largest absolute Gasteiger partial charge is 0.369 e. The number of nitrogens with two attached hydrogens (primary N) is 1. The normalized spacial score (nSPS) is 17.9. The van der Waals surface area contributed by atoms with Crippen LogP contribution in [-0.2, 0) is 0 Å². The van der Waals surface area contributed by atoms with Crippen molar-refractivity contribution in [3.63, 3.8) is 0 Å². The lowest BCUT2D eigenvalue weighted by molar-refractivity contribution is 0.766. The third-order valence-electron chi connectivity index (χ3n) is 3.86. The second-order valence-electron chi connectivity index (χ2n) is 5.14. The van der Waals surface area contributed by atoms with Crippen molar-refractivity contribution in [1.82, 2.24) is 0 Å². The number of hydrogen-bond donors (Lipinski definition) is 1. The summed E-state index contributed by atoms with van der Waals surface area (Å²) in [5.74, 6) is 0.600. The van der Waals surface area contributed by atoms with Crippen molar-refractivity contribution in [3.8, 4) is 0 Å². The fourth-order valence-electron chi connectivity index (χ4n) is 2.70. The monoisotopic (exact) mass is 297 g/mol. The van der Waals surface area contributed by atoms with Crippen molar-refractivity contribution < 1.29 is 0 Å². The van der Waals surface area contributed by atoms with Crippen molar-refractivity contribution in [2.24, 2.45) is 10.7 Å². The van der Waals surface area contributed by atoms with Crippen LogP contribution in [0.2, 0.25) is 0 Å². The van der Waals surface area contributed by atoms with Gasteiger partial charge in [-0.2, -0.15) is 0 Å². The lowest BCUT2D eigenvalue weighted by Crippen LogP contribution is -2.36. The Morgan fingerprint density at radius 2 is 1.86 bits per heavy atom. The first kappa shape index (κ1) is 14.0. The number of benzene rings is 2. The molecule has 2 N–H and O–H groups in total. The topological polar surface area (TPSA) is 41.6 Å². The van der Waals surface area contributed by atoms with Gasteiger partial charge in [0.1, 0.15) is 0 Å². The van der Waals surface area contributed by atoms with Crippen molar-refractivity contribution in [2.45, 2.75) is 17.9 Å². The number of para-hydroxylation sites is 1. The molecule has 0 saturated heterocycles. The number of guanidine groups is 1. The van der Waals surface area contributed by atoms with E-state index in [1.807, 2.05) is 12.1 Å². The van der Waals surface area contributed by atoms with Crippen LogP contribution in [0, 0.1) is 6.92 Å². The summed E-state index contributed by atoms with van der Waals surface area (Å²) in [7, 11) is 0. The number of rotatable bonds is 3. The molecule has 0 fully saturated rings. The molecule has 0 bridgehead atoms. The highest BCUT2D eigenvalue weighted by Gasteiger charge is 2.29. The van der Waals surface area contributed by atoms with Crippen molar-refractivity contribution in [1.29, 1.82) is 0 Å². The average molecular weight is 297 g/mol. The van der Waals surface area contributed by atoms with Crippen LogP contribution in [0.3, 0.4) is 0 Å². The standard InChI is InChI=1S/C17H19N3S/c1-12-5-3-4-6-15(12)20-16(11-19-17(20)18)13-7-9-14(21-2)10-8-13/h3-10,16H,11H2,1-2H3,(H2,18,19). The molecule has 1 heterocycles. The molecule has 1 unspecified atom stereocenters. The molecule has 1 aliphatic rings. The van der Waals surface area contributed by atoms with Gasteiger partial charge in [-0.25, -0.2) is 0 Å². The summed E-state index contributed by atoms with van der Waals surface area (Å²) in [5, 5.41) is 0. The number of hydrogen-bond acceptors (Lipinski definition) is 4. The molecule has 2 aromatic rings. The van der Waals surface area contributed by atoms with E-state index in [2.05, 4.69) is 59.5 Å². The van der Waals surface area contributed by atoms with Gasteiger partial charge in [0, 0.05) is 10.6 Å². The maximum atomic E-state index is 6.14. The molecule has 0 saturated carbocycles. The third-order valence-corrected chi connectivity index (χ3v) is 4.60. The maximum Gasteiger partial charge on any atom is 0.196 e. The number of nitrogens with zero attached hydrogens (tertiary/aromatic N) is 2. The minimum absolute atomic E-state index is 0.182. The molecular formula is C17H19N3S. The highest BCUT2D eigenvalue weighted by atomic mass is 32.2. The first-order valence-corrected chi connectivity index (χ1v) is 8.22. The lowest BCUT2D eigenvalue weighted by atomic mass is 10.0. The van der Waals surface area contributed by atoms with E-state index in [0.717, 1.165) is 5.69 Å². The highest BCUT2D eigenvalue weighted by Crippen LogP contribution is 2.33. The third kappa shape index (κ3) is 2.63. The quantitative estimate of drug-likeness (QED) is 0.880. The molecule has 3 nitrogen and oxygen atoms in total. The molecule has 2 aromatic carbocycles. The minimum atomic E-state index is 0.182. The summed E-state index contributed by atoms with van der Waals surface area (Å²) in [6.45, 7) is 2.81. The smallest absolute Gasteiger partial charge is 0.196 e. The van der Waals surface area contributed by atoms with Gasteiger partial charge in [-0.3, -0.25) is 4.99 Å². The van der Waals surface area contributed by atoms with Gasteiger partial charge in [0.05, 0.1) is 12.6 Å². The van der Waals surface area contributed by atoms with E-state index in [1.165, 1.54) is 16.0 Å². The molecule has 0 radical (unpaired) electrons. The summed E-state index contributed by atoms with van der Waals surface area (Å²) in [6, 6.07) is 17.1.